The number of nitrogens with one attached hydrogen (secondary N) is 1. The third-order valence-corrected chi connectivity index (χ3v) is 4.22. The van der Waals surface area contributed by atoms with E-state index >= 15 is 0 Å². The molecule has 0 spiro atoms. The second-order valence-corrected chi connectivity index (χ2v) is 5.20. The Morgan fingerprint density at radius 1 is 1.25 bits per heavy atom. The van der Waals surface area contributed by atoms with Gasteiger partial charge in [-0.05, 0) is 38.1 Å². The number of aliphatic hydroxyl groups is 1. The number of hydrogen-bond acceptors (Lipinski definition) is 3. The molecule has 16 heavy (non-hydrogen) atoms. The van der Waals surface area contributed by atoms with Crippen molar-refractivity contribution in [3.05, 3.63) is 0 Å². The summed E-state index contributed by atoms with van der Waals surface area (Å²) < 4.78 is 0. The molecule has 1 aliphatic carbocycles. The summed E-state index contributed by atoms with van der Waals surface area (Å²) >= 11 is 0. The molecular formula is C13H28N2O. The van der Waals surface area contributed by atoms with Crippen LogP contribution in [0.15, 0.2) is 0 Å². The van der Waals surface area contributed by atoms with Crippen LogP contribution in [0, 0.1) is 5.92 Å². The molecule has 1 saturated carbocycles. The van der Waals surface area contributed by atoms with Crippen molar-refractivity contribution in [1.82, 2.24) is 5.32 Å². The Labute approximate surface area is 99.8 Å². The minimum Gasteiger partial charge on any atom is -0.389 e. The average Bonchev–Trinajstić information content (AvgIpc) is 2.36. The maximum absolute atomic E-state index is 10.2. The summed E-state index contributed by atoms with van der Waals surface area (Å²) in [6.45, 7) is 5.58. The van der Waals surface area contributed by atoms with E-state index < -0.39 is 5.60 Å². The smallest absolute Gasteiger partial charge is 0.0766 e. The van der Waals surface area contributed by atoms with Crippen LogP contribution < -0.4 is 11.1 Å². The number of rotatable bonds is 6. The van der Waals surface area contributed by atoms with E-state index in [9.17, 15) is 5.11 Å². The van der Waals surface area contributed by atoms with Gasteiger partial charge in [-0.25, -0.2) is 0 Å². The lowest BCUT2D eigenvalue weighted by molar-refractivity contribution is 0.0262. The topological polar surface area (TPSA) is 58.3 Å². The SMILES string of the molecule is CCC(O)(CC)CNC1CCCCC1CN. The van der Waals surface area contributed by atoms with E-state index in [2.05, 4.69) is 5.32 Å². The lowest BCUT2D eigenvalue weighted by Gasteiger charge is -2.35. The molecule has 0 aliphatic heterocycles. The van der Waals surface area contributed by atoms with E-state index in [0.29, 0.717) is 18.5 Å². The molecule has 0 saturated heterocycles. The highest BCUT2D eigenvalue weighted by atomic mass is 16.3. The van der Waals surface area contributed by atoms with Crippen LogP contribution in [0.5, 0.6) is 0 Å². The molecule has 0 bridgehead atoms. The maximum Gasteiger partial charge on any atom is 0.0766 e. The predicted molar refractivity (Wildman–Crippen MR) is 68.3 cm³/mol. The minimum atomic E-state index is -0.531. The van der Waals surface area contributed by atoms with Gasteiger partial charge < -0.3 is 16.2 Å². The molecule has 0 amide bonds. The lowest BCUT2D eigenvalue weighted by atomic mass is 9.84. The highest BCUT2D eigenvalue weighted by Gasteiger charge is 2.27. The van der Waals surface area contributed by atoms with Gasteiger partial charge in [-0.15, -0.1) is 0 Å². The van der Waals surface area contributed by atoms with Gasteiger partial charge in [-0.3, -0.25) is 0 Å². The zero-order chi connectivity index (χ0) is 12.0. The standard InChI is InChI=1S/C13H28N2O/c1-3-13(16,4-2)10-15-12-8-6-5-7-11(12)9-14/h11-12,15-16H,3-10,14H2,1-2H3. The maximum atomic E-state index is 10.2. The van der Waals surface area contributed by atoms with Gasteiger partial charge in [0.1, 0.15) is 0 Å². The quantitative estimate of drug-likeness (QED) is 0.648. The van der Waals surface area contributed by atoms with E-state index in [1.165, 1.54) is 25.7 Å². The molecule has 2 atom stereocenters. The van der Waals surface area contributed by atoms with Gasteiger partial charge in [0, 0.05) is 12.6 Å². The summed E-state index contributed by atoms with van der Waals surface area (Å²) in [5, 5.41) is 13.8. The summed E-state index contributed by atoms with van der Waals surface area (Å²) in [6, 6.07) is 0.517. The molecule has 96 valence electrons. The fraction of sp³-hybridized carbons (Fsp3) is 1.00. The second-order valence-electron chi connectivity index (χ2n) is 5.20. The molecule has 0 radical (unpaired) electrons. The zero-order valence-corrected chi connectivity index (χ0v) is 10.8. The van der Waals surface area contributed by atoms with Crippen molar-refractivity contribution in [1.29, 1.82) is 0 Å². The van der Waals surface area contributed by atoms with Gasteiger partial charge >= 0.3 is 0 Å². The highest BCUT2D eigenvalue weighted by molar-refractivity contribution is 4.85. The molecule has 0 aromatic rings. The molecule has 1 fully saturated rings. The third kappa shape index (κ3) is 3.72. The first-order valence-electron chi connectivity index (χ1n) is 6.81. The van der Waals surface area contributed by atoms with E-state index in [1.54, 1.807) is 0 Å². The molecular weight excluding hydrogens is 200 g/mol. The van der Waals surface area contributed by atoms with Crippen molar-refractivity contribution < 1.29 is 5.11 Å². The van der Waals surface area contributed by atoms with Crippen molar-refractivity contribution in [2.24, 2.45) is 11.7 Å². The van der Waals surface area contributed by atoms with Crippen molar-refractivity contribution >= 4 is 0 Å². The normalized spacial score (nSPS) is 27.0. The monoisotopic (exact) mass is 228 g/mol. The van der Waals surface area contributed by atoms with Gasteiger partial charge in [-0.2, -0.15) is 0 Å². The molecule has 3 nitrogen and oxygen atoms in total. The van der Waals surface area contributed by atoms with Gasteiger partial charge in [0.25, 0.3) is 0 Å². The van der Waals surface area contributed by atoms with Crippen LogP contribution >= 0.6 is 0 Å². The Morgan fingerprint density at radius 3 is 2.44 bits per heavy atom. The molecule has 1 aliphatic rings. The largest absolute Gasteiger partial charge is 0.389 e. The molecule has 3 heteroatoms. The zero-order valence-electron chi connectivity index (χ0n) is 10.8. The average molecular weight is 228 g/mol. The summed E-state index contributed by atoms with van der Waals surface area (Å²) in [5.41, 5.74) is 5.26. The summed E-state index contributed by atoms with van der Waals surface area (Å²) in [7, 11) is 0. The summed E-state index contributed by atoms with van der Waals surface area (Å²) in [5.74, 6) is 0.603. The van der Waals surface area contributed by atoms with Crippen LogP contribution in [0.3, 0.4) is 0 Å². The Balaban J connectivity index is 2.40. The van der Waals surface area contributed by atoms with Gasteiger partial charge in [0.05, 0.1) is 5.60 Å². The van der Waals surface area contributed by atoms with Crippen LogP contribution in [0.2, 0.25) is 0 Å². The summed E-state index contributed by atoms with van der Waals surface area (Å²) in [4.78, 5) is 0. The van der Waals surface area contributed by atoms with E-state index in [-0.39, 0.29) is 0 Å². The fourth-order valence-electron chi connectivity index (χ4n) is 2.58. The van der Waals surface area contributed by atoms with Gasteiger partial charge in [0.15, 0.2) is 0 Å². The van der Waals surface area contributed by atoms with Gasteiger partial charge in [-0.1, -0.05) is 26.7 Å². The Hall–Kier alpha value is -0.120. The Morgan fingerprint density at radius 2 is 1.88 bits per heavy atom. The van der Waals surface area contributed by atoms with E-state index in [4.69, 9.17) is 5.73 Å². The molecule has 0 aromatic carbocycles. The van der Waals surface area contributed by atoms with Crippen LogP contribution in [0.25, 0.3) is 0 Å². The van der Waals surface area contributed by atoms with Crippen molar-refractivity contribution in [2.75, 3.05) is 13.1 Å². The summed E-state index contributed by atoms with van der Waals surface area (Å²) in [6.07, 6.45) is 6.69. The van der Waals surface area contributed by atoms with Crippen LogP contribution in [-0.2, 0) is 0 Å². The molecule has 0 heterocycles. The second kappa shape index (κ2) is 6.58. The highest BCUT2D eigenvalue weighted by Crippen LogP contribution is 2.24. The van der Waals surface area contributed by atoms with Crippen LogP contribution in [-0.4, -0.2) is 29.8 Å². The Bertz CT molecular complexity index is 192. The van der Waals surface area contributed by atoms with E-state index in [1.807, 2.05) is 13.8 Å². The van der Waals surface area contributed by atoms with E-state index in [0.717, 1.165) is 19.4 Å². The molecule has 0 aromatic heterocycles. The Kier molecular flexibility index (Phi) is 5.73. The first kappa shape index (κ1) is 13.9. The van der Waals surface area contributed by atoms with Crippen molar-refractivity contribution in [3.8, 4) is 0 Å². The third-order valence-electron chi connectivity index (χ3n) is 4.22. The van der Waals surface area contributed by atoms with Gasteiger partial charge in [0.2, 0.25) is 0 Å². The minimum absolute atomic E-state index is 0.517. The van der Waals surface area contributed by atoms with Crippen LogP contribution in [0.1, 0.15) is 52.4 Å². The first-order valence-corrected chi connectivity index (χ1v) is 6.81. The van der Waals surface area contributed by atoms with Crippen LogP contribution in [0.4, 0.5) is 0 Å². The predicted octanol–water partition coefficient (Wildman–Crippen LogP) is 1.64. The van der Waals surface area contributed by atoms with Crippen molar-refractivity contribution in [2.45, 2.75) is 64.0 Å². The first-order chi connectivity index (χ1) is 7.65. The number of nitrogens with two attached hydrogens (primary N) is 1. The molecule has 4 N–H and O–H groups in total. The lowest BCUT2D eigenvalue weighted by Crippen LogP contribution is -2.48. The molecule has 2 unspecified atom stereocenters. The number of hydrogen-bond donors (Lipinski definition) is 3. The van der Waals surface area contributed by atoms with Crippen molar-refractivity contribution in [3.63, 3.8) is 0 Å². The fourth-order valence-corrected chi connectivity index (χ4v) is 2.58. The molecule has 1 rings (SSSR count).